The summed E-state index contributed by atoms with van der Waals surface area (Å²) in [6.45, 7) is 6.42. The van der Waals surface area contributed by atoms with Crippen molar-refractivity contribution in [3.05, 3.63) is 36.3 Å². The Balaban J connectivity index is 1.59. The Morgan fingerprint density at radius 3 is 2.81 bits per heavy atom. The highest BCUT2D eigenvalue weighted by Gasteiger charge is 2.21. The molecule has 5 nitrogen and oxygen atoms in total. The number of hydrogen-bond donors (Lipinski definition) is 1. The summed E-state index contributed by atoms with van der Waals surface area (Å²) in [6, 6.07) is 2.03. The lowest BCUT2D eigenvalue weighted by Gasteiger charge is -2.32. The van der Waals surface area contributed by atoms with Crippen molar-refractivity contribution < 1.29 is 0 Å². The summed E-state index contributed by atoms with van der Waals surface area (Å²) in [4.78, 5) is 18.7. The molecule has 0 radical (unpaired) electrons. The van der Waals surface area contributed by atoms with Crippen LogP contribution < -0.4 is 4.90 Å². The fourth-order valence-corrected chi connectivity index (χ4v) is 2.89. The monoisotopic (exact) mass is 285 g/mol. The van der Waals surface area contributed by atoms with Crippen molar-refractivity contribution >= 4 is 5.82 Å². The average molecular weight is 285 g/mol. The first-order valence-corrected chi connectivity index (χ1v) is 7.77. The molecule has 1 aliphatic heterocycles. The quantitative estimate of drug-likeness (QED) is 0.938. The van der Waals surface area contributed by atoms with E-state index in [0.717, 1.165) is 37.1 Å². The second-order valence-corrected chi connectivity index (χ2v) is 6.14. The van der Waals surface area contributed by atoms with E-state index >= 15 is 0 Å². The van der Waals surface area contributed by atoms with E-state index in [1.165, 1.54) is 18.5 Å². The van der Waals surface area contributed by atoms with E-state index in [1.807, 2.05) is 18.5 Å². The molecule has 0 unspecified atom stereocenters. The lowest BCUT2D eigenvalue weighted by molar-refractivity contribution is 0.399. The lowest BCUT2D eigenvalue weighted by Crippen LogP contribution is -2.35. The van der Waals surface area contributed by atoms with Crippen molar-refractivity contribution in [1.29, 1.82) is 0 Å². The van der Waals surface area contributed by atoms with Gasteiger partial charge in [0.2, 0.25) is 0 Å². The topological polar surface area (TPSA) is 57.7 Å². The number of aromatic nitrogens is 4. The molecule has 0 aliphatic carbocycles. The molecule has 3 rings (SSSR count). The SMILES string of the molecule is CC(C)c1nccc(N2CCC(Cc3cnc[nH]3)CC2)n1. The van der Waals surface area contributed by atoms with Crippen LogP contribution in [0.4, 0.5) is 5.82 Å². The molecular formula is C16H23N5. The van der Waals surface area contributed by atoms with Gasteiger partial charge in [0.05, 0.1) is 6.33 Å². The van der Waals surface area contributed by atoms with Crippen molar-refractivity contribution in [2.75, 3.05) is 18.0 Å². The fraction of sp³-hybridized carbons (Fsp3) is 0.562. The summed E-state index contributed by atoms with van der Waals surface area (Å²) in [5.41, 5.74) is 1.25. The van der Waals surface area contributed by atoms with Gasteiger partial charge >= 0.3 is 0 Å². The summed E-state index contributed by atoms with van der Waals surface area (Å²) in [5.74, 6) is 3.14. The number of nitrogens with zero attached hydrogens (tertiary/aromatic N) is 4. The van der Waals surface area contributed by atoms with Gasteiger partial charge in [-0.25, -0.2) is 15.0 Å². The average Bonchev–Trinajstić information content (AvgIpc) is 3.01. The molecule has 21 heavy (non-hydrogen) atoms. The van der Waals surface area contributed by atoms with Gasteiger partial charge in [-0.2, -0.15) is 0 Å². The van der Waals surface area contributed by atoms with Crippen LogP contribution in [-0.2, 0) is 6.42 Å². The molecule has 0 saturated carbocycles. The third kappa shape index (κ3) is 3.40. The van der Waals surface area contributed by atoms with Crippen LogP contribution in [0.25, 0.3) is 0 Å². The van der Waals surface area contributed by atoms with E-state index in [4.69, 9.17) is 4.98 Å². The van der Waals surface area contributed by atoms with Crippen molar-refractivity contribution in [3.63, 3.8) is 0 Å². The van der Waals surface area contributed by atoms with E-state index in [0.29, 0.717) is 5.92 Å². The van der Waals surface area contributed by atoms with Gasteiger partial charge in [-0.15, -0.1) is 0 Å². The maximum Gasteiger partial charge on any atom is 0.133 e. The molecule has 2 aromatic heterocycles. The standard InChI is InChI=1S/C16H23N5/c1-12(2)16-18-6-3-15(20-16)21-7-4-13(5-8-21)9-14-10-17-11-19-14/h3,6,10-13H,4-5,7-9H2,1-2H3,(H,17,19). The number of imidazole rings is 1. The van der Waals surface area contributed by atoms with E-state index in [2.05, 4.69) is 33.7 Å². The van der Waals surface area contributed by atoms with Gasteiger partial charge in [0.15, 0.2) is 0 Å². The van der Waals surface area contributed by atoms with Gasteiger partial charge < -0.3 is 9.88 Å². The molecule has 1 N–H and O–H groups in total. The summed E-state index contributed by atoms with van der Waals surface area (Å²) in [5, 5.41) is 0. The van der Waals surface area contributed by atoms with Crippen LogP contribution in [0.3, 0.4) is 0 Å². The molecule has 112 valence electrons. The fourth-order valence-electron chi connectivity index (χ4n) is 2.89. The Kier molecular flexibility index (Phi) is 4.18. The number of hydrogen-bond acceptors (Lipinski definition) is 4. The summed E-state index contributed by atoms with van der Waals surface area (Å²) in [6.07, 6.45) is 9.10. The highest BCUT2D eigenvalue weighted by Crippen LogP contribution is 2.24. The summed E-state index contributed by atoms with van der Waals surface area (Å²) >= 11 is 0. The number of nitrogens with one attached hydrogen (secondary N) is 1. The van der Waals surface area contributed by atoms with Crippen molar-refractivity contribution in [2.24, 2.45) is 5.92 Å². The second kappa shape index (κ2) is 6.24. The van der Waals surface area contributed by atoms with Gasteiger partial charge in [0, 0.05) is 37.1 Å². The van der Waals surface area contributed by atoms with E-state index < -0.39 is 0 Å². The van der Waals surface area contributed by atoms with Crippen LogP contribution >= 0.6 is 0 Å². The first-order chi connectivity index (χ1) is 10.2. The predicted octanol–water partition coefficient (Wildman–Crippen LogP) is 2.78. The zero-order valence-electron chi connectivity index (χ0n) is 12.8. The van der Waals surface area contributed by atoms with Gasteiger partial charge in [0.1, 0.15) is 11.6 Å². The van der Waals surface area contributed by atoms with Crippen molar-refractivity contribution in [3.8, 4) is 0 Å². The number of H-pyrrole nitrogens is 1. The van der Waals surface area contributed by atoms with E-state index in [9.17, 15) is 0 Å². The minimum Gasteiger partial charge on any atom is -0.356 e. The molecule has 5 heteroatoms. The van der Waals surface area contributed by atoms with Gasteiger partial charge in [-0.05, 0) is 31.2 Å². The third-order valence-electron chi connectivity index (χ3n) is 4.18. The number of aromatic amines is 1. The maximum atomic E-state index is 4.70. The van der Waals surface area contributed by atoms with E-state index in [1.54, 1.807) is 6.33 Å². The molecule has 0 aromatic carbocycles. The molecule has 0 spiro atoms. The number of anilines is 1. The molecule has 1 fully saturated rings. The first-order valence-electron chi connectivity index (χ1n) is 7.77. The van der Waals surface area contributed by atoms with Crippen LogP contribution in [0.15, 0.2) is 24.8 Å². The van der Waals surface area contributed by atoms with Gasteiger partial charge in [0.25, 0.3) is 0 Å². The van der Waals surface area contributed by atoms with Crippen LogP contribution in [-0.4, -0.2) is 33.0 Å². The second-order valence-electron chi connectivity index (χ2n) is 6.14. The molecule has 3 heterocycles. The maximum absolute atomic E-state index is 4.70. The van der Waals surface area contributed by atoms with Crippen LogP contribution in [0, 0.1) is 5.92 Å². The molecule has 0 bridgehead atoms. The Morgan fingerprint density at radius 2 is 2.14 bits per heavy atom. The van der Waals surface area contributed by atoms with E-state index in [-0.39, 0.29) is 0 Å². The summed E-state index contributed by atoms with van der Waals surface area (Å²) in [7, 11) is 0. The zero-order valence-corrected chi connectivity index (χ0v) is 12.8. The highest BCUT2D eigenvalue weighted by atomic mass is 15.2. The zero-order chi connectivity index (χ0) is 14.7. The molecule has 0 atom stereocenters. The molecular weight excluding hydrogens is 262 g/mol. The smallest absolute Gasteiger partial charge is 0.133 e. The predicted molar refractivity (Wildman–Crippen MR) is 83.3 cm³/mol. The van der Waals surface area contributed by atoms with Crippen molar-refractivity contribution in [1.82, 2.24) is 19.9 Å². The highest BCUT2D eigenvalue weighted by molar-refractivity contribution is 5.38. The minimum atomic E-state index is 0.378. The third-order valence-corrected chi connectivity index (χ3v) is 4.18. The first kappa shape index (κ1) is 14.0. The Hall–Kier alpha value is -1.91. The van der Waals surface area contributed by atoms with Gasteiger partial charge in [-0.3, -0.25) is 0 Å². The number of piperidine rings is 1. The molecule has 0 amide bonds. The minimum absolute atomic E-state index is 0.378. The Morgan fingerprint density at radius 1 is 1.33 bits per heavy atom. The largest absolute Gasteiger partial charge is 0.356 e. The van der Waals surface area contributed by atoms with Gasteiger partial charge in [-0.1, -0.05) is 13.8 Å². The summed E-state index contributed by atoms with van der Waals surface area (Å²) < 4.78 is 0. The van der Waals surface area contributed by atoms with Crippen molar-refractivity contribution in [2.45, 2.75) is 39.0 Å². The normalized spacial score (nSPS) is 16.6. The molecule has 1 saturated heterocycles. The molecule has 2 aromatic rings. The Labute approximate surface area is 125 Å². The van der Waals surface area contributed by atoms with Crippen LogP contribution in [0.5, 0.6) is 0 Å². The van der Waals surface area contributed by atoms with Crippen LogP contribution in [0.2, 0.25) is 0 Å². The van der Waals surface area contributed by atoms with Crippen LogP contribution in [0.1, 0.15) is 44.1 Å². The number of rotatable bonds is 4. The Bertz CT molecular complexity index is 556. The molecule has 1 aliphatic rings. The lowest BCUT2D eigenvalue weighted by atomic mass is 9.92.